The Labute approximate surface area is 115 Å². The van der Waals surface area contributed by atoms with Gasteiger partial charge in [0.05, 0.1) is 12.1 Å². The van der Waals surface area contributed by atoms with Gasteiger partial charge in [-0.05, 0) is 44.2 Å². The summed E-state index contributed by atoms with van der Waals surface area (Å²) in [5.74, 6) is 0.920. The Morgan fingerprint density at radius 3 is 2.21 bits per heavy atom. The highest BCUT2D eigenvalue weighted by Crippen LogP contribution is 2.25. The maximum atomic E-state index is 5.76. The van der Waals surface area contributed by atoms with Crippen LogP contribution in [-0.2, 0) is 0 Å². The van der Waals surface area contributed by atoms with Gasteiger partial charge in [0.15, 0.2) is 0 Å². The van der Waals surface area contributed by atoms with Crippen LogP contribution in [0.4, 0.5) is 0 Å². The molecular formula is C17H21NO. The summed E-state index contributed by atoms with van der Waals surface area (Å²) < 4.78 is 5.76. The topological polar surface area (TPSA) is 21.3 Å². The third-order valence-electron chi connectivity index (χ3n) is 2.98. The molecule has 0 saturated heterocycles. The van der Waals surface area contributed by atoms with E-state index in [1.54, 1.807) is 0 Å². The second-order valence-corrected chi connectivity index (χ2v) is 4.87. The van der Waals surface area contributed by atoms with E-state index >= 15 is 0 Å². The van der Waals surface area contributed by atoms with Crippen LogP contribution in [-0.4, -0.2) is 13.2 Å². The van der Waals surface area contributed by atoms with E-state index in [4.69, 9.17) is 4.74 Å². The van der Waals surface area contributed by atoms with E-state index in [0.717, 1.165) is 5.75 Å². The molecule has 2 aromatic carbocycles. The molecule has 0 bridgehead atoms. The molecule has 1 N–H and O–H groups in total. The third kappa shape index (κ3) is 3.58. The molecule has 19 heavy (non-hydrogen) atoms. The second kappa shape index (κ2) is 6.39. The van der Waals surface area contributed by atoms with E-state index < -0.39 is 0 Å². The van der Waals surface area contributed by atoms with Gasteiger partial charge in [-0.2, -0.15) is 0 Å². The first-order chi connectivity index (χ1) is 9.20. The number of hydrogen-bond donors (Lipinski definition) is 1. The van der Waals surface area contributed by atoms with Gasteiger partial charge in [-0.1, -0.05) is 42.5 Å². The molecular weight excluding hydrogens is 234 g/mol. The minimum atomic E-state index is 0.192. The van der Waals surface area contributed by atoms with E-state index in [-0.39, 0.29) is 12.1 Å². The summed E-state index contributed by atoms with van der Waals surface area (Å²) in [5.41, 5.74) is 2.47. The van der Waals surface area contributed by atoms with Crippen molar-refractivity contribution in [1.82, 2.24) is 5.32 Å². The second-order valence-electron chi connectivity index (χ2n) is 4.87. The molecule has 2 heteroatoms. The van der Waals surface area contributed by atoms with Crippen molar-refractivity contribution in [2.24, 2.45) is 0 Å². The molecule has 0 heterocycles. The van der Waals surface area contributed by atoms with Crippen molar-refractivity contribution in [3.8, 4) is 5.75 Å². The quantitative estimate of drug-likeness (QED) is 0.878. The summed E-state index contributed by atoms with van der Waals surface area (Å²) in [6.07, 6.45) is 0.194. The molecule has 2 nitrogen and oxygen atoms in total. The molecule has 0 aliphatic heterocycles. The van der Waals surface area contributed by atoms with Gasteiger partial charge in [0.25, 0.3) is 0 Å². The van der Waals surface area contributed by atoms with Gasteiger partial charge in [-0.25, -0.2) is 0 Å². The van der Waals surface area contributed by atoms with Crippen LogP contribution in [0.15, 0.2) is 54.6 Å². The van der Waals surface area contributed by atoms with Crippen molar-refractivity contribution in [2.75, 3.05) is 7.05 Å². The van der Waals surface area contributed by atoms with Crippen LogP contribution < -0.4 is 10.1 Å². The Morgan fingerprint density at radius 1 is 0.895 bits per heavy atom. The van der Waals surface area contributed by atoms with E-state index in [2.05, 4.69) is 41.7 Å². The predicted molar refractivity (Wildman–Crippen MR) is 79.6 cm³/mol. The number of nitrogens with one attached hydrogen (secondary N) is 1. The molecule has 0 aromatic heterocycles. The molecule has 1 atom stereocenters. The van der Waals surface area contributed by atoms with E-state index in [9.17, 15) is 0 Å². The first-order valence-electron chi connectivity index (χ1n) is 6.69. The van der Waals surface area contributed by atoms with E-state index in [0.29, 0.717) is 0 Å². The van der Waals surface area contributed by atoms with Crippen LogP contribution >= 0.6 is 0 Å². The van der Waals surface area contributed by atoms with Crippen molar-refractivity contribution in [3.63, 3.8) is 0 Å². The zero-order valence-corrected chi connectivity index (χ0v) is 11.8. The lowest BCUT2D eigenvalue weighted by molar-refractivity contribution is 0.242. The van der Waals surface area contributed by atoms with Gasteiger partial charge < -0.3 is 10.1 Å². The fourth-order valence-electron chi connectivity index (χ4n) is 2.21. The summed E-state index contributed by atoms with van der Waals surface area (Å²) in [7, 11) is 1.98. The lowest BCUT2D eigenvalue weighted by atomic mass is 9.99. The van der Waals surface area contributed by atoms with Gasteiger partial charge in [-0.3, -0.25) is 0 Å². The molecule has 0 spiro atoms. The van der Waals surface area contributed by atoms with Crippen LogP contribution in [0.5, 0.6) is 5.75 Å². The monoisotopic (exact) mass is 255 g/mol. The molecule has 1 unspecified atom stereocenters. The van der Waals surface area contributed by atoms with Gasteiger partial charge in [0, 0.05) is 0 Å². The number of rotatable bonds is 5. The summed E-state index contributed by atoms with van der Waals surface area (Å²) in [5, 5.41) is 3.36. The highest BCUT2D eigenvalue weighted by atomic mass is 16.5. The molecule has 0 saturated carbocycles. The number of ether oxygens (including phenoxy) is 1. The Bertz CT molecular complexity index is 508. The third-order valence-corrected chi connectivity index (χ3v) is 2.98. The highest BCUT2D eigenvalue weighted by molar-refractivity contribution is 5.36. The average molecular weight is 255 g/mol. The Balaban J connectivity index is 2.28. The summed E-state index contributed by atoms with van der Waals surface area (Å²) in [6, 6.07) is 18.9. The lowest BCUT2D eigenvalue weighted by Gasteiger charge is -2.18. The molecule has 0 aliphatic rings. The van der Waals surface area contributed by atoms with Gasteiger partial charge >= 0.3 is 0 Å². The summed E-state index contributed by atoms with van der Waals surface area (Å²) in [4.78, 5) is 0. The predicted octanol–water partition coefficient (Wildman–Crippen LogP) is 3.78. The highest BCUT2D eigenvalue weighted by Gasteiger charge is 2.12. The standard InChI is InChI=1S/C17H21NO/c1-13(2)19-16-11-7-10-15(12-16)17(18-3)14-8-5-4-6-9-14/h4-13,17-18H,1-3H3. The largest absolute Gasteiger partial charge is 0.491 e. The molecule has 0 radical (unpaired) electrons. The van der Waals surface area contributed by atoms with Crippen molar-refractivity contribution >= 4 is 0 Å². The summed E-state index contributed by atoms with van der Waals surface area (Å²) >= 11 is 0. The number of benzene rings is 2. The smallest absolute Gasteiger partial charge is 0.120 e. The Morgan fingerprint density at radius 2 is 1.58 bits per heavy atom. The summed E-state index contributed by atoms with van der Waals surface area (Å²) in [6.45, 7) is 4.08. The minimum absolute atomic E-state index is 0.192. The maximum Gasteiger partial charge on any atom is 0.120 e. The first-order valence-corrected chi connectivity index (χ1v) is 6.69. The molecule has 2 rings (SSSR count). The van der Waals surface area contributed by atoms with E-state index in [1.807, 2.05) is 39.1 Å². The molecule has 100 valence electrons. The molecule has 0 amide bonds. The van der Waals surface area contributed by atoms with Crippen molar-refractivity contribution < 1.29 is 4.74 Å². The van der Waals surface area contributed by atoms with Crippen LogP contribution in [0.25, 0.3) is 0 Å². The van der Waals surface area contributed by atoms with Gasteiger partial charge in [-0.15, -0.1) is 0 Å². The zero-order chi connectivity index (χ0) is 13.7. The Kier molecular flexibility index (Phi) is 4.58. The average Bonchev–Trinajstić information content (AvgIpc) is 2.40. The maximum absolute atomic E-state index is 5.76. The fourth-order valence-corrected chi connectivity index (χ4v) is 2.21. The van der Waals surface area contributed by atoms with Crippen LogP contribution in [0.3, 0.4) is 0 Å². The van der Waals surface area contributed by atoms with Crippen molar-refractivity contribution in [1.29, 1.82) is 0 Å². The number of hydrogen-bond acceptors (Lipinski definition) is 2. The first kappa shape index (κ1) is 13.6. The molecule has 2 aromatic rings. The zero-order valence-electron chi connectivity index (χ0n) is 11.8. The van der Waals surface area contributed by atoms with Gasteiger partial charge in [0.2, 0.25) is 0 Å². The van der Waals surface area contributed by atoms with Gasteiger partial charge in [0.1, 0.15) is 5.75 Å². The van der Waals surface area contributed by atoms with E-state index in [1.165, 1.54) is 11.1 Å². The Hall–Kier alpha value is -1.80. The lowest BCUT2D eigenvalue weighted by Crippen LogP contribution is -2.17. The SMILES string of the molecule is CNC(c1ccccc1)c1cccc(OC(C)C)c1. The normalized spacial score (nSPS) is 12.4. The molecule has 0 fully saturated rings. The fraction of sp³-hybridized carbons (Fsp3) is 0.294. The van der Waals surface area contributed by atoms with Crippen LogP contribution in [0.1, 0.15) is 31.0 Å². The van der Waals surface area contributed by atoms with Crippen molar-refractivity contribution in [2.45, 2.75) is 26.0 Å². The molecule has 0 aliphatic carbocycles. The van der Waals surface area contributed by atoms with Crippen molar-refractivity contribution in [3.05, 3.63) is 65.7 Å². The van der Waals surface area contributed by atoms with Crippen LogP contribution in [0, 0.1) is 0 Å². The minimum Gasteiger partial charge on any atom is -0.491 e. The van der Waals surface area contributed by atoms with Crippen LogP contribution in [0.2, 0.25) is 0 Å².